The molecule has 1 aliphatic heterocycles. The summed E-state index contributed by atoms with van der Waals surface area (Å²) in [6.07, 6.45) is 8.30. The molecule has 25 heavy (non-hydrogen) atoms. The summed E-state index contributed by atoms with van der Waals surface area (Å²) in [6, 6.07) is 0.446. The van der Waals surface area contributed by atoms with Crippen LogP contribution in [0, 0.1) is 0 Å². The van der Waals surface area contributed by atoms with Gasteiger partial charge in [-0.1, -0.05) is 25.7 Å². The van der Waals surface area contributed by atoms with Gasteiger partial charge in [-0.15, -0.1) is 0 Å². The van der Waals surface area contributed by atoms with E-state index in [0.717, 1.165) is 58.5 Å². The van der Waals surface area contributed by atoms with E-state index >= 15 is 0 Å². The normalized spacial score (nSPS) is 22.4. The molecule has 2 fully saturated rings. The highest BCUT2D eigenvalue weighted by molar-refractivity contribution is 5.79. The predicted molar refractivity (Wildman–Crippen MR) is 103 cm³/mol. The Hall–Kier alpha value is -0.850. The number of morpholine rings is 1. The molecule has 1 saturated heterocycles. The number of rotatable bonds is 8. The molecule has 0 amide bonds. The van der Waals surface area contributed by atoms with E-state index in [1.165, 1.54) is 38.5 Å². The largest absolute Gasteiger partial charge is 0.379 e. The molecule has 0 aromatic carbocycles. The van der Waals surface area contributed by atoms with E-state index in [9.17, 15) is 0 Å². The van der Waals surface area contributed by atoms with Crippen molar-refractivity contribution in [3.63, 3.8) is 0 Å². The fourth-order valence-electron chi connectivity index (χ4n) is 3.50. The van der Waals surface area contributed by atoms with Crippen molar-refractivity contribution in [1.29, 1.82) is 0 Å². The first kappa shape index (κ1) is 20.5. The highest BCUT2D eigenvalue weighted by atomic mass is 16.5. The molecule has 1 saturated carbocycles. The number of ether oxygens (including phenoxy) is 2. The quantitative estimate of drug-likeness (QED) is 0.302. The molecule has 2 rings (SSSR count). The summed E-state index contributed by atoms with van der Waals surface area (Å²) in [7, 11) is 0. The fourth-order valence-corrected chi connectivity index (χ4v) is 3.50. The maximum absolute atomic E-state index is 6.04. The Morgan fingerprint density at radius 2 is 1.88 bits per heavy atom. The van der Waals surface area contributed by atoms with E-state index in [1.54, 1.807) is 0 Å². The SMILES string of the molecule is CCNC(=NCC(C)N1CCOCC1)NCCOC1CCCCCC1. The number of aliphatic imine (C=N–C) groups is 1. The van der Waals surface area contributed by atoms with E-state index < -0.39 is 0 Å². The van der Waals surface area contributed by atoms with Crippen LogP contribution in [0.2, 0.25) is 0 Å². The lowest BCUT2D eigenvalue weighted by molar-refractivity contribution is 0.0220. The first-order chi connectivity index (χ1) is 12.3. The summed E-state index contributed by atoms with van der Waals surface area (Å²) in [6.45, 7) is 11.3. The molecule has 146 valence electrons. The van der Waals surface area contributed by atoms with Gasteiger partial charge in [0, 0.05) is 32.2 Å². The molecular weight excluding hydrogens is 316 g/mol. The van der Waals surface area contributed by atoms with Crippen LogP contribution >= 0.6 is 0 Å². The van der Waals surface area contributed by atoms with Crippen molar-refractivity contribution in [2.75, 3.05) is 52.5 Å². The molecule has 2 aliphatic rings. The van der Waals surface area contributed by atoms with Crippen molar-refractivity contribution in [3.8, 4) is 0 Å². The molecule has 1 aliphatic carbocycles. The monoisotopic (exact) mass is 354 g/mol. The lowest BCUT2D eigenvalue weighted by Crippen LogP contribution is -2.44. The number of nitrogens with zero attached hydrogens (tertiary/aromatic N) is 2. The molecule has 1 atom stereocenters. The Morgan fingerprint density at radius 3 is 2.56 bits per heavy atom. The van der Waals surface area contributed by atoms with Gasteiger partial charge in [-0.3, -0.25) is 9.89 Å². The predicted octanol–water partition coefficient (Wildman–Crippen LogP) is 2.00. The van der Waals surface area contributed by atoms with E-state index in [-0.39, 0.29) is 0 Å². The van der Waals surface area contributed by atoms with E-state index in [2.05, 4.69) is 29.4 Å². The van der Waals surface area contributed by atoms with Crippen molar-refractivity contribution in [1.82, 2.24) is 15.5 Å². The molecule has 0 aromatic heterocycles. The summed E-state index contributed by atoms with van der Waals surface area (Å²) in [5.41, 5.74) is 0. The second-order valence-electron chi connectivity index (χ2n) is 7.13. The maximum Gasteiger partial charge on any atom is 0.191 e. The Bertz CT molecular complexity index is 364. The smallest absolute Gasteiger partial charge is 0.191 e. The molecular formula is C19H38N4O2. The van der Waals surface area contributed by atoms with Gasteiger partial charge in [-0.05, 0) is 26.7 Å². The molecule has 2 N–H and O–H groups in total. The Balaban J connectivity index is 1.65. The highest BCUT2D eigenvalue weighted by Crippen LogP contribution is 2.19. The first-order valence-electron chi connectivity index (χ1n) is 10.2. The first-order valence-corrected chi connectivity index (χ1v) is 10.2. The summed E-state index contributed by atoms with van der Waals surface area (Å²) >= 11 is 0. The average molecular weight is 355 g/mol. The third kappa shape index (κ3) is 8.38. The lowest BCUT2D eigenvalue weighted by Gasteiger charge is -2.31. The summed E-state index contributed by atoms with van der Waals surface area (Å²) in [5.74, 6) is 0.895. The van der Waals surface area contributed by atoms with Gasteiger partial charge in [-0.25, -0.2) is 0 Å². The minimum absolute atomic E-state index is 0.446. The number of hydrogen-bond acceptors (Lipinski definition) is 4. The van der Waals surface area contributed by atoms with Gasteiger partial charge in [0.1, 0.15) is 0 Å². The van der Waals surface area contributed by atoms with Gasteiger partial charge in [0.15, 0.2) is 5.96 Å². The van der Waals surface area contributed by atoms with Gasteiger partial charge in [0.2, 0.25) is 0 Å². The molecule has 0 spiro atoms. The highest BCUT2D eigenvalue weighted by Gasteiger charge is 2.16. The van der Waals surface area contributed by atoms with Crippen LogP contribution in [-0.4, -0.2) is 75.5 Å². The van der Waals surface area contributed by atoms with Crippen LogP contribution in [0.25, 0.3) is 0 Å². The topological polar surface area (TPSA) is 58.1 Å². The molecule has 0 aromatic rings. The van der Waals surface area contributed by atoms with Crippen LogP contribution in [0.5, 0.6) is 0 Å². The molecule has 6 heteroatoms. The standard InChI is InChI=1S/C19H38N4O2/c1-3-20-19(22-16-17(2)23-11-14-24-15-12-23)21-10-13-25-18-8-6-4-5-7-9-18/h17-18H,3-16H2,1-2H3,(H2,20,21,22). The summed E-state index contributed by atoms with van der Waals surface area (Å²) in [5, 5.41) is 6.73. The molecule has 0 bridgehead atoms. The minimum Gasteiger partial charge on any atom is -0.379 e. The minimum atomic E-state index is 0.446. The lowest BCUT2D eigenvalue weighted by atomic mass is 10.1. The summed E-state index contributed by atoms with van der Waals surface area (Å²) in [4.78, 5) is 7.19. The molecule has 0 radical (unpaired) electrons. The average Bonchev–Trinajstić information content (AvgIpc) is 2.92. The van der Waals surface area contributed by atoms with Crippen LogP contribution in [0.4, 0.5) is 0 Å². The van der Waals surface area contributed by atoms with Gasteiger partial charge in [0.05, 0.1) is 32.5 Å². The zero-order valence-electron chi connectivity index (χ0n) is 16.3. The van der Waals surface area contributed by atoms with Crippen LogP contribution in [-0.2, 0) is 9.47 Å². The van der Waals surface area contributed by atoms with Crippen LogP contribution in [0.1, 0.15) is 52.4 Å². The molecule has 1 heterocycles. The number of guanidine groups is 1. The second kappa shape index (κ2) is 12.5. The third-order valence-electron chi connectivity index (χ3n) is 5.08. The van der Waals surface area contributed by atoms with Crippen molar-refractivity contribution in [2.45, 2.75) is 64.5 Å². The third-order valence-corrected chi connectivity index (χ3v) is 5.08. The van der Waals surface area contributed by atoms with Crippen molar-refractivity contribution >= 4 is 5.96 Å². The van der Waals surface area contributed by atoms with Gasteiger partial charge in [-0.2, -0.15) is 0 Å². The Kier molecular flexibility index (Phi) is 10.2. The molecule has 6 nitrogen and oxygen atoms in total. The van der Waals surface area contributed by atoms with Gasteiger partial charge < -0.3 is 20.1 Å². The summed E-state index contributed by atoms with van der Waals surface area (Å²) < 4.78 is 11.5. The number of nitrogens with one attached hydrogen (secondary N) is 2. The van der Waals surface area contributed by atoms with Crippen LogP contribution in [0.15, 0.2) is 4.99 Å². The van der Waals surface area contributed by atoms with Gasteiger partial charge in [0.25, 0.3) is 0 Å². The maximum atomic E-state index is 6.04. The van der Waals surface area contributed by atoms with E-state index in [0.29, 0.717) is 12.1 Å². The van der Waals surface area contributed by atoms with E-state index in [4.69, 9.17) is 14.5 Å². The van der Waals surface area contributed by atoms with Crippen LogP contribution in [0.3, 0.4) is 0 Å². The van der Waals surface area contributed by atoms with Crippen molar-refractivity contribution in [3.05, 3.63) is 0 Å². The zero-order chi connectivity index (χ0) is 17.7. The molecule has 1 unspecified atom stereocenters. The van der Waals surface area contributed by atoms with Crippen molar-refractivity contribution in [2.24, 2.45) is 4.99 Å². The zero-order valence-corrected chi connectivity index (χ0v) is 16.3. The van der Waals surface area contributed by atoms with Crippen molar-refractivity contribution < 1.29 is 9.47 Å². The van der Waals surface area contributed by atoms with Gasteiger partial charge >= 0.3 is 0 Å². The fraction of sp³-hybridized carbons (Fsp3) is 0.947. The second-order valence-corrected chi connectivity index (χ2v) is 7.13. The number of hydrogen-bond donors (Lipinski definition) is 2. The van der Waals surface area contributed by atoms with E-state index in [1.807, 2.05) is 0 Å². The Labute approximate surface area is 153 Å². The van der Waals surface area contributed by atoms with Crippen LogP contribution < -0.4 is 10.6 Å². The Morgan fingerprint density at radius 1 is 1.16 bits per heavy atom.